The van der Waals surface area contributed by atoms with Crippen LogP contribution in [0.5, 0.6) is 0 Å². The zero-order valence-electron chi connectivity index (χ0n) is 17.7. The van der Waals surface area contributed by atoms with Gasteiger partial charge in [-0.15, -0.1) is 0 Å². The van der Waals surface area contributed by atoms with Gasteiger partial charge in [0.15, 0.2) is 5.66 Å². The first-order valence-electron chi connectivity index (χ1n) is 11.1. The van der Waals surface area contributed by atoms with Crippen LogP contribution in [0.3, 0.4) is 0 Å². The third-order valence-electron chi connectivity index (χ3n) is 5.09. The molecule has 0 aliphatic heterocycles. The van der Waals surface area contributed by atoms with Gasteiger partial charge in [-0.25, -0.2) is 0 Å². The lowest BCUT2D eigenvalue weighted by Gasteiger charge is -2.12. The lowest BCUT2D eigenvalue weighted by molar-refractivity contribution is -0.143. The van der Waals surface area contributed by atoms with Crippen molar-refractivity contribution in [3.8, 4) is 0 Å². The molecule has 27 heavy (non-hydrogen) atoms. The Hall–Kier alpha value is -0.380. The minimum absolute atomic E-state index is 0.252. The van der Waals surface area contributed by atoms with Crippen LogP contribution in [0.1, 0.15) is 117 Å². The smallest absolute Gasteiger partial charge is 0.339 e. The van der Waals surface area contributed by atoms with Crippen LogP contribution in [0, 0.1) is 0 Å². The summed E-state index contributed by atoms with van der Waals surface area (Å²) >= 11 is 0. The largest absolute Gasteiger partial charge is 0.465 e. The Balaban J connectivity index is 3.23. The van der Waals surface area contributed by atoms with E-state index in [0.717, 1.165) is 19.3 Å². The lowest BCUT2D eigenvalue weighted by Crippen LogP contribution is -2.20. The molecule has 0 aromatic heterocycles. The fourth-order valence-corrected chi connectivity index (χ4v) is 3.43. The van der Waals surface area contributed by atoms with Crippen molar-refractivity contribution >= 4 is 13.6 Å². The normalized spacial score (nSPS) is 12.9. The van der Waals surface area contributed by atoms with E-state index in [9.17, 15) is 9.36 Å². The molecule has 162 valence electrons. The van der Waals surface area contributed by atoms with Crippen LogP contribution >= 0.6 is 7.60 Å². The van der Waals surface area contributed by atoms with Crippen molar-refractivity contribution in [3.63, 3.8) is 0 Å². The van der Waals surface area contributed by atoms with E-state index in [2.05, 4.69) is 6.92 Å². The molecule has 0 saturated heterocycles. The van der Waals surface area contributed by atoms with Crippen LogP contribution in [0.15, 0.2) is 0 Å². The van der Waals surface area contributed by atoms with E-state index in [-0.39, 0.29) is 6.61 Å². The van der Waals surface area contributed by atoms with Gasteiger partial charge >= 0.3 is 13.6 Å². The molecule has 5 nitrogen and oxygen atoms in total. The Morgan fingerprint density at radius 1 is 0.741 bits per heavy atom. The van der Waals surface area contributed by atoms with Gasteiger partial charge in [0.2, 0.25) is 0 Å². The molecular weight excluding hydrogens is 363 g/mol. The van der Waals surface area contributed by atoms with Crippen LogP contribution in [0.2, 0.25) is 0 Å². The summed E-state index contributed by atoms with van der Waals surface area (Å²) in [5, 5.41) is 0. The molecule has 1 atom stereocenters. The quantitative estimate of drug-likeness (QED) is 0.148. The van der Waals surface area contributed by atoms with Crippen LogP contribution in [0.25, 0.3) is 0 Å². The van der Waals surface area contributed by atoms with Gasteiger partial charge in [0, 0.05) is 0 Å². The fraction of sp³-hybridized carbons (Fsp3) is 0.952. The van der Waals surface area contributed by atoms with Crippen LogP contribution < -0.4 is 0 Å². The van der Waals surface area contributed by atoms with Gasteiger partial charge in [-0.2, -0.15) is 0 Å². The molecular formula is C21H43O5P. The highest BCUT2D eigenvalue weighted by Gasteiger charge is 2.32. The molecule has 0 rings (SSSR count). The second kappa shape index (κ2) is 17.7. The second-order valence-electron chi connectivity index (χ2n) is 7.74. The average Bonchev–Trinajstić information content (AvgIpc) is 2.62. The summed E-state index contributed by atoms with van der Waals surface area (Å²) in [5.74, 6) is -0.802. The topological polar surface area (TPSA) is 83.8 Å². The Bertz CT molecular complexity index is 394. The van der Waals surface area contributed by atoms with E-state index in [1.54, 1.807) is 0 Å². The molecule has 0 saturated carbocycles. The Labute approximate surface area is 166 Å². The second-order valence-corrected chi connectivity index (χ2v) is 9.69. The third kappa shape index (κ3) is 17.5. The summed E-state index contributed by atoms with van der Waals surface area (Å²) in [4.78, 5) is 29.3. The maximum atomic E-state index is 11.4. The highest BCUT2D eigenvalue weighted by molar-refractivity contribution is 7.53. The molecule has 0 heterocycles. The van der Waals surface area contributed by atoms with E-state index in [4.69, 9.17) is 14.5 Å². The molecule has 0 aromatic rings. The van der Waals surface area contributed by atoms with E-state index < -0.39 is 19.2 Å². The van der Waals surface area contributed by atoms with Gasteiger partial charge in [0.05, 0.1) is 6.61 Å². The zero-order valence-corrected chi connectivity index (χ0v) is 18.6. The molecule has 1 unspecified atom stereocenters. The van der Waals surface area contributed by atoms with Crippen LogP contribution in [0.4, 0.5) is 0 Å². The first-order valence-corrected chi connectivity index (χ1v) is 12.8. The molecule has 0 aromatic carbocycles. The summed E-state index contributed by atoms with van der Waals surface area (Å²) in [5.41, 5.74) is -1.36. The number of ether oxygens (including phenoxy) is 1. The van der Waals surface area contributed by atoms with Crippen molar-refractivity contribution in [2.24, 2.45) is 0 Å². The molecule has 2 N–H and O–H groups in total. The van der Waals surface area contributed by atoms with Gasteiger partial charge in [-0.3, -0.25) is 9.36 Å². The van der Waals surface area contributed by atoms with Gasteiger partial charge in [0.1, 0.15) is 0 Å². The van der Waals surface area contributed by atoms with E-state index in [1.165, 1.54) is 90.4 Å². The summed E-state index contributed by atoms with van der Waals surface area (Å²) in [6, 6.07) is 0. The number of hydrogen-bond acceptors (Lipinski definition) is 3. The summed E-state index contributed by atoms with van der Waals surface area (Å²) in [7, 11) is -4.38. The number of carbonyl (C=O) groups excluding carboxylic acids is 1. The minimum atomic E-state index is -4.38. The minimum Gasteiger partial charge on any atom is -0.465 e. The predicted molar refractivity (Wildman–Crippen MR) is 112 cm³/mol. The average molecular weight is 407 g/mol. The Kier molecular flexibility index (Phi) is 17.5. The van der Waals surface area contributed by atoms with Crippen molar-refractivity contribution in [1.29, 1.82) is 0 Å². The van der Waals surface area contributed by atoms with Crippen molar-refractivity contribution in [2.45, 2.75) is 122 Å². The highest BCUT2D eigenvalue weighted by Crippen LogP contribution is 2.41. The summed E-state index contributed by atoms with van der Waals surface area (Å²) in [6.07, 6.45) is 20.5. The lowest BCUT2D eigenvalue weighted by atomic mass is 10.0. The van der Waals surface area contributed by atoms with E-state index in [1.807, 2.05) is 0 Å². The van der Waals surface area contributed by atoms with Crippen molar-refractivity contribution in [1.82, 2.24) is 0 Å². The summed E-state index contributed by atoms with van der Waals surface area (Å²) in [6.45, 7) is 3.72. The van der Waals surface area contributed by atoms with Crippen LogP contribution in [-0.4, -0.2) is 28.0 Å². The Morgan fingerprint density at radius 2 is 1.07 bits per heavy atom. The molecule has 0 amide bonds. The van der Waals surface area contributed by atoms with Gasteiger partial charge in [0.25, 0.3) is 0 Å². The SMILES string of the molecule is CCCCCCCCCCCCCCCCCCOC(=O)C(C)P(=O)(O)O. The predicted octanol–water partition coefficient (Wildman–Crippen LogP) is 6.36. The monoisotopic (exact) mass is 406 g/mol. The van der Waals surface area contributed by atoms with Gasteiger partial charge in [-0.05, 0) is 13.3 Å². The van der Waals surface area contributed by atoms with Crippen molar-refractivity contribution in [2.75, 3.05) is 6.61 Å². The van der Waals surface area contributed by atoms with Gasteiger partial charge < -0.3 is 14.5 Å². The number of unbranched alkanes of at least 4 members (excludes halogenated alkanes) is 15. The number of carbonyl (C=O) groups is 1. The standard InChI is InChI=1S/C21H43O5P/c1-3-4-5-6-7-8-9-10-11-12-13-14-15-16-17-18-19-26-21(22)20(2)27(23,24)25/h20H,3-19H2,1-2H3,(H2,23,24,25). The molecule has 0 radical (unpaired) electrons. The maximum Gasteiger partial charge on any atom is 0.339 e. The van der Waals surface area contributed by atoms with E-state index in [0.29, 0.717) is 0 Å². The molecule has 0 spiro atoms. The fourth-order valence-electron chi connectivity index (χ4n) is 3.08. The zero-order chi connectivity index (χ0) is 20.4. The van der Waals surface area contributed by atoms with E-state index >= 15 is 0 Å². The third-order valence-corrected chi connectivity index (χ3v) is 6.31. The first-order chi connectivity index (χ1) is 12.9. The molecule has 0 aliphatic rings. The van der Waals surface area contributed by atoms with Crippen molar-refractivity contribution < 1.29 is 23.9 Å². The first kappa shape index (κ1) is 26.6. The van der Waals surface area contributed by atoms with Crippen LogP contribution in [-0.2, 0) is 14.1 Å². The molecule has 0 bridgehead atoms. The molecule has 6 heteroatoms. The maximum absolute atomic E-state index is 11.4. The number of esters is 1. The molecule has 0 fully saturated rings. The number of rotatable bonds is 19. The molecule has 0 aliphatic carbocycles. The van der Waals surface area contributed by atoms with Crippen molar-refractivity contribution in [3.05, 3.63) is 0 Å². The highest BCUT2D eigenvalue weighted by atomic mass is 31.2. The number of hydrogen-bond donors (Lipinski definition) is 2. The van der Waals surface area contributed by atoms with Gasteiger partial charge in [-0.1, -0.05) is 103 Å². The summed E-state index contributed by atoms with van der Waals surface area (Å²) < 4.78 is 15.9. The Morgan fingerprint density at radius 3 is 1.41 bits per heavy atom.